The summed E-state index contributed by atoms with van der Waals surface area (Å²) in [4.78, 5) is 22.6. The summed E-state index contributed by atoms with van der Waals surface area (Å²) in [7, 11) is 0. The first-order valence-corrected chi connectivity index (χ1v) is 13.0. The van der Waals surface area contributed by atoms with Crippen LogP contribution in [0.3, 0.4) is 0 Å². The molecule has 1 fully saturated rings. The number of aromatic nitrogens is 5. The predicted molar refractivity (Wildman–Crippen MR) is 143 cm³/mol. The van der Waals surface area contributed by atoms with E-state index in [1.54, 1.807) is 41.2 Å². The lowest BCUT2D eigenvalue weighted by molar-refractivity contribution is -0.274. The van der Waals surface area contributed by atoms with Crippen molar-refractivity contribution in [3.05, 3.63) is 67.1 Å². The standard InChI is InChI=1S/C25H23F3N8O3S/c1-15(2)36-20(11-12-30-36)35-21(37)13-40-24(35)32-23(38)31-17-5-3-16(4-6-17)22-29-14-34(33-22)18-7-9-19(10-8-18)39-25(26,27)28/h3-12,14-15,23,31,38H,13H2,1-2H3. The molecule has 1 aliphatic rings. The SMILES string of the molecule is CC(C)n1nccc1N1C(=O)CSC1=NC(O)Nc1ccc(-c2ncn(-c3ccc(OC(F)(F)F)cc3)n2)cc1. The zero-order chi connectivity index (χ0) is 28.4. The van der Waals surface area contributed by atoms with E-state index in [1.807, 2.05) is 13.8 Å². The van der Waals surface area contributed by atoms with Crippen LogP contribution in [0, 0.1) is 0 Å². The topological polar surface area (TPSA) is 123 Å². The van der Waals surface area contributed by atoms with Gasteiger partial charge in [0, 0.05) is 23.4 Å². The van der Waals surface area contributed by atoms with Gasteiger partial charge < -0.3 is 15.2 Å². The number of amides is 1. The molecule has 0 bridgehead atoms. The lowest BCUT2D eigenvalue weighted by atomic mass is 10.2. The Bertz CT molecular complexity index is 1520. The number of amidine groups is 1. The molecule has 2 aromatic heterocycles. The van der Waals surface area contributed by atoms with E-state index in [4.69, 9.17) is 0 Å². The van der Waals surface area contributed by atoms with Gasteiger partial charge in [-0.25, -0.2) is 24.2 Å². The summed E-state index contributed by atoms with van der Waals surface area (Å²) >= 11 is 1.23. The predicted octanol–water partition coefficient (Wildman–Crippen LogP) is 4.43. The molecule has 1 aliphatic heterocycles. The smallest absolute Gasteiger partial charge is 0.406 e. The molecule has 0 saturated carbocycles. The first-order valence-electron chi connectivity index (χ1n) is 12.0. The summed E-state index contributed by atoms with van der Waals surface area (Å²) in [5.74, 6) is 0.688. The maximum atomic E-state index is 12.5. The number of ether oxygens (including phenoxy) is 1. The normalized spacial score (nSPS) is 15.7. The van der Waals surface area contributed by atoms with E-state index in [9.17, 15) is 23.1 Å². The summed E-state index contributed by atoms with van der Waals surface area (Å²) in [5.41, 5.74) is 1.74. The highest BCUT2D eigenvalue weighted by Crippen LogP contribution is 2.29. The van der Waals surface area contributed by atoms with Crippen molar-refractivity contribution in [1.82, 2.24) is 24.5 Å². The number of rotatable bonds is 8. The van der Waals surface area contributed by atoms with Crippen LogP contribution in [0.2, 0.25) is 0 Å². The average Bonchev–Trinajstić information content (AvgIpc) is 3.64. The second-order valence-electron chi connectivity index (χ2n) is 8.81. The number of nitrogens with zero attached hydrogens (tertiary/aromatic N) is 7. The van der Waals surface area contributed by atoms with Crippen LogP contribution in [0.15, 0.2) is 72.1 Å². The lowest BCUT2D eigenvalue weighted by Crippen LogP contribution is -2.33. The fraction of sp³-hybridized carbons (Fsp3) is 0.240. The maximum Gasteiger partial charge on any atom is 0.573 e. The molecule has 4 aromatic rings. The minimum Gasteiger partial charge on any atom is -0.406 e. The van der Waals surface area contributed by atoms with E-state index in [-0.39, 0.29) is 23.5 Å². The van der Waals surface area contributed by atoms with Crippen LogP contribution in [0.1, 0.15) is 19.9 Å². The Morgan fingerprint density at radius 3 is 2.50 bits per heavy atom. The van der Waals surface area contributed by atoms with E-state index in [0.717, 1.165) is 0 Å². The number of hydrogen-bond donors (Lipinski definition) is 2. The number of anilines is 2. The number of thioether (sulfide) groups is 1. The molecule has 1 atom stereocenters. The number of hydrogen-bond acceptors (Lipinski definition) is 9. The number of aliphatic imine (C=N–C) groups is 1. The minimum atomic E-state index is -4.76. The van der Waals surface area contributed by atoms with Gasteiger partial charge in [-0.05, 0) is 62.4 Å². The van der Waals surface area contributed by atoms with Crippen LogP contribution in [0.5, 0.6) is 5.75 Å². The van der Waals surface area contributed by atoms with E-state index in [1.165, 1.54) is 51.9 Å². The number of benzene rings is 2. The quantitative estimate of drug-likeness (QED) is 0.297. The second kappa shape index (κ2) is 11.0. The van der Waals surface area contributed by atoms with Gasteiger partial charge in [0.2, 0.25) is 12.3 Å². The van der Waals surface area contributed by atoms with Gasteiger partial charge in [0.25, 0.3) is 0 Å². The van der Waals surface area contributed by atoms with Gasteiger partial charge in [-0.2, -0.15) is 5.10 Å². The summed E-state index contributed by atoms with van der Waals surface area (Å²) in [5, 5.41) is 22.4. The number of aliphatic hydroxyl groups is 1. The van der Waals surface area contributed by atoms with E-state index >= 15 is 0 Å². The summed E-state index contributed by atoms with van der Waals surface area (Å²) in [6.07, 6.45) is -3.03. The molecule has 0 radical (unpaired) electrons. The summed E-state index contributed by atoms with van der Waals surface area (Å²) in [6, 6.07) is 13.9. The molecular formula is C25H23F3N8O3S. The van der Waals surface area contributed by atoms with Crippen molar-refractivity contribution in [2.24, 2.45) is 4.99 Å². The Kier molecular flexibility index (Phi) is 7.49. The van der Waals surface area contributed by atoms with Crippen molar-refractivity contribution in [2.45, 2.75) is 32.6 Å². The number of carbonyl (C=O) groups excluding carboxylic acids is 1. The number of carbonyl (C=O) groups is 1. The van der Waals surface area contributed by atoms with Crippen LogP contribution in [0.4, 0.5) is 24.7 Å². The van der Waals surface area contributed by atoms with Gasteiger partial charge in [0.1, 0.15) is 17.9 Å². The maximum absolute atomic E-state index is 12.5. The third kappa shape index (κ3) is 6.10. The van der Waals surface area contributed by atoms with E-state index < -0.39 is 12.7 Å². The molecule has 3 heterocycles. The Morgan fingerprint density at radius 2 is 1.82 bits per heavy atom. The fourth-order valence-electron chi connectivity index (χ4n) is 3.89. The van der Waals surface area contributed by atoms with Gasteiger partial charge in [0.05, 0.1) is 17.6 Å². The van der Waals surface area contributed by atoms with Gasteiger partial charge in [-0.15, -0.1) is 18.3 Å². The third-order valence-corrected chi connectivity index (χ3v) is 6.57. The third-order valence-electron chi connectivity index (χ3n) is 5.63. The molecule has 40 heavy (non-hydrogen) atoms. The Hall–Kier alpha value is -4.37. The monoisotopic (exact) mass is 572 g/mol. The zero-order valence-corrected chi connectivity index (χ0v) is 22.0. The van der Waals surface area contributed by atoms with Crippen LogP contribution in [-0.2, 0) is 4.79 Å². The summed E-state index contributed by atoms with van der Waals surface area (Å²) in [6.45, 7) is 3.91. The number of aliphatic hydroxyl groups excluding tert-OH is 1. The van der Waals surface area contributed by atoms with E-state index in [2.05, 4.69) is 30.2 Å². The van der Waals surface area contributed by atoms with Crippen molar-refractivity contribution >= 4 is 34.3 Å². The molecule has 15 heteroatoms. The molecular weight excluding hydrogens is 549 g/mol. The number of alkyl halides is 3. The van der Waals surface area contributed by atoms with E-state index in [0.29, 0.717) is 33.7 Å². The Balaban J connectivity index is 1.25. The molecule has 5 rings (SSSR count). The first-order chi connectivity index (χ1) is 19.1. The zero-order valence-electron chi connectivity index (χ0n) is 21.1. The average molecular weight is 573 g/mol. The molecule has 11 nitrogen and oxygen atoms in total. The highest BCUT2D eigenvalue weighted by molar-refractivity contribution is 8.15. The molecule has 2 aromatic carbocycles. The molecule has 0 spiro atoms. The lowest BCUT2D eigenvalue weighted by Gasteiger charge is -2.20. The highest BCUT2D eigenvalue weighted by Gasteiger charge is 2.33. The van der Waals surface area contributed by atoms with Crippen LogP contribution >= 0.6 is 11.8 Å². The van der Waals surface area contributed by atoms with Gasteiger partial charge in [0.15, 0.2) is 11.0 Å². The number of nitrogens with one attached hydrogen (secondary N) is 1. The Morgan fingerprint density at radius 1 is 1.10 bits per heavy atom. The highest BCUT2D eigenvalue weighted by atomic mass is 32.2. The van der Waals surface area contributed by atoms with Gasteiger partial charge in [-0.3, -0.25) is 4.79 Å². The minimum absolute atomic E-state index is 0.0329. The second-order valence-corrected chi connectivity index (χ2v) is 9.75. The molecule has 208 valence electrons. The molecule has 2 N–H and O–H groups in total. The molecule has 1 saturated heterocycles. The van der Waals surface area contributed by atoms with Crippen LogP contribution < -0.4 is 15.0 Å². The molecule has 1 amide bonds. The summed E-state index contributed by atoms with van der Waals surface area (Å²) < 4.78 is 44.1. The van der Waals surface area contributed by atoms with Gasteiger partial charge >= 0.3 is 6.36 Å². The van der Waals surface area contributed by atoms with Gasteiger partial charge in [-0.1, -0.05) is 11.8 Å². The Labute approximate surface area is 230 Å². The van der Waals surface area contributed by atoms with Crippen molar-refractivity contribution in [3.63, 3.8) is 0 Å². The number of halogens is 3. The molecule has 1 unspecified atom stereocenters. The van der Waals surface area contributed by atoms with Crippen molar-refractivity contribution in [2.75, 3.05) is 16.0 Å². The fourth-order valence-corrected chi connectivity index (χ4v) is 4.77. The largest absolute Gasteiger partial charge is 0.573 e. The van der Waals surface area contributed by atoms with Crippen molar-refractivity contribution < 1.29 is 27.8 Å². The van der Waals surface area contributed by atoms with Crippen LogP contribution in [0.25, 0.3) is 17.1 Å². The van der Waals surface area contributed by atoms with Crippen LogP contribution in [-0.4, -0.2) is 59.2 Å². The molecule has 0 aliphatic carbocycles. The van der Waals surface area contributed by atoms with Crippen molar-refractivity contribution in [3.8, 4) is 22.8 Å². The first kappa shape index (κ1) is 27.2. The van der Waals surface area contributed by atoms with Crippen molar-refractivity contribution in [1.29, 1.82) is 0 Å².